The molecular weight excluding hydrogens is 273 g/mol. The molecule has 1 atom stereocenters. The zero-order valence-electron chi connectivity index (χ0n) is 11.9. The first kappa shape index (κ1) is 14.0. The lowest BCUT2D eigenvalue weighted by Crippen LogP contribution is -2.50. The third-order valence-electron chi connectivity index (χ3n) is 4.32. The quantitative estimate of drug-likeness (QED) is 0.899. The van der Waals surface area contributed by atoms with Gasteiger partial charge in [0.1, 0.15) is 11.9 Å². The Kier molecular flexibility index (Phi) is 3.20. The predicted molar refractivity (Wildman–Crippen MR) is 76.1 cm³/mol. The van der Waals surface area contributed by atoms with Gasteiger partial charge in [-0.2, -0.15) is 0 Å². The molecule has 0 bridgehead atoms. The summed E-state index contributed by atoms with van der Waals surface area (Å²) in [6.07, 6.45) is 1.81. The second-order valence-electron chi connectivity index (χ2n) is 5.82. The number of anilines is 1. The first-order valence-corrected chi connectivity index (χ1v) is 7.06. The fourth-order valence-corrected chi connectivity index (χ4v) is 2.78. The van der Waals surface area contributed by atoms with E-state index in [1.165, 1.54) is 15.9 Å². The van der Waals surface area contributed by atoms with Crippen LogP contribution in [0.5, 0.6) is 0 Å². The molecule has 0 aromatic heterocycles. The van der Waals surface area contributed by atoms with Gasteiger partial charge < -0.3 is 15.5 Å². The molecular formula is C15H18FN3O2. The monoisotopic (exact) mass is 291 g/mol. The number of para-hydroxylation sites is 1. The summed E-state index contributed by atoms with van der Waals surface area (Å²) in [5.41, 5.74) is 5.37. The maximum atomic E-state index is 13.8. The number of benzene rings is 1. The van der Waals surface area contributed by atoms with Gasteiger partial charge in [0, 0.05) is 13.6 Å². The highest BCUT2D eigenvalue weighted by molar-refractivity contribution is 6.02. The average molecular weight is 291 g/mol. The van der Waals surface area contributed by atoms with Crippen LogP contribution in [0.25, 0.3) is 0 Å². The minimum atomic E-state index is -0.791. The van der Waals surface area contributed by atoms with E-state index in [4.69, 9.17) is 5.73 Å². The standard InChI is InChI=1S/C15H18FN3O2/c1-18(14(21)15(17)7-8-15)12-6-9-19(13(12)20)11-5-3-2-4-10(11)16/h2-5,12H,6-9,17H2,1H3. The topological polar surface area (TPSA) is 66.6 Å². The van der Waals surface area contributed by atoms with Gasteiger partial charge in [-0.3, -0.25) is 9.59 Å². The van der Waals surface area contributed by atoms with Crippen molar-refractivity contribution in [3.8, 4) is 0 Å². The van der Waals surface area contributed by atoms with E-state index in [0.717, 1.165) is 0 Å². The number of carbonyl (C=O) groups is 2. The summed E-state index contributed by atoms with van der Waals surface area (Å²) in [7, 11) is 1.60. The van der Waals surface area contributed by atoms with E-state index in [-0.39, 0.29) is 17.5 Å². The molecule has 2 aliphatic rings. The summed E-state index contributed by atoms with van der Waals surface area (Å²) >= 11 is 0. The van der Waals surface area contributed by atoms with Gasteiger partial charge in [0.25, 0.3) is 0 Å². The molecule has 1 unspecified atom stereocenters. The molecule has 0 spiro atoms. The van der Waals surface area contributed by atoms with Crippen molar-refractivity contribution >= 4 is 17.5 Å². The second-order valence-corrected chi connectivity index (χ2v) is 5.82. The van der Waals surface area contributed by atoms with E-state index in [0.29, 0.717) is 25.8 Å². The molecule has 1 aliphatic heterocycles. The fraction of sp³-hybridized carbons (Fsp3) is 0.467. The summed E-state index contributed by atoms with van der Waals surface area (Å²) in [4.78, 5) is 27.5. The molecule has 1 aliphatic carbocycles. The number of likely N-dealkylation sites (N-methyl/N-ethyl adjacent to an activating group) is 1. The number of hydrogen-bond acceptors (Lipinski definition) is 3. The maximum Gasteiger partial charge on any atom is 0.249 e. The van der Waals surface area contributed by atoms with Crippen molar-refractivity contribution in [3.05, 3.63) is 30.1 Å². The Morgan fingerprint density at radius 3 is 2.71 bits per heavy atom. The minimum absolute atomic E-state index is 0.198. The van der Waals surface area contributed by atoms with Crippen LogP contribution in [-0.2, 0) is 9.59 Å². The van der Waals surface area contributed by atoms with Crippen molar-refractivity contribution in [3.63, 3.8) is 0 Å². The minimum Gasteiger partial charge on any atom is -0.332 e. The van der Waals surface area contributed by atoms with Crippen LogP contribution in [-0.4, -0.2) is 41.9 Å². The van der Waals surface area contributed by atoms with Gasteiger partial charge in [0.2, 0.25) is 11.8 Å². The molecule has 6 heteroatoms. The molecule has 1 saturated carbocycles. The Morgan fingerprint density at radius 2 is 2.10 bits per heavy atom. The van der Waals surface area contributed by atoms with Crippen LogP contribution in [0.3, 0.4) is 0 Å². The van der Waals surface area contributed by atoms with Gasteiger partial charge in [-0.05, 0) is 31.4 Å². The van der Waals surface area contributed by atoms with Crippen molar-refractivity contribution in [1.29, 1.82) is 0 Å². The normalized spacial score (nSPS) is 23.3. The number of amides is 2. The highest BCUT2D eigenvalue weighted by Gasteiger charge is 2.50. The molecule has 1 heterocycles. The van der Waals surface area contributed by atoms with Crippen LogP contribution < -0.4 is 10.6 Å². The van der Waals surface area contributed by atoms with Gasteiger partial charge in [-0.1, -0.05) is 12.1 Å². The van der Waals surface area contributed by atoms with E-state index >= 15 is 0 Å². The van der Waals surface area contributed by atoms with Crippen molar-refractivity contribution in [2.24, 2.45) is 5.73 Å². The largest absolute Gasteiger partial charge is 0.332 e. The molecule has 2 N–H and O–H groups in total. The van der Waals surface area contributed by atoms with E-state index in [2.05, 4.69) is 0 Å². The zero-order chi connectivity index (χ0) is 15.2. The lowest BCUT2D eigenvalue weighted by Gasteiger charge is -2.26. The van der Waals surface area contributed by atoms with E-state index in [1.54, 1.807) is 25.2 Å². The molecule has 1 aromatic carbocycles. The van der Waals surface area contributed by atoms with Gasteiger partial charge >= 0.3 is 0 Å². The number of rotatable bonds is 3. The van der Waals surface area contributed by atoms with Crippen molar-refractivity contribution in [2.75, 3.05) is 18.5 Å². The van der Waals surface area contributed by atoms with Crippen LogP contribution in [0.15, 0.2) is 24.3 Å². The molecule has 1 aromatic rings. The smallest absolute Gasteiger partial charge is 0.249 e. The van der Waals surface area contributed by atoms with Crippen molar-refractivity contribution < 1.29 is 14.0 Å². The third-order valence-corrected chi connectivity index (χ3v) is 4.32. The molecule has 5 nitrogen and oxygen atoms in total. The molecule has 0 radical (unpaired) electrons. The SMILES string of the molecule is CN(C(=O)C1(N)CC1)C1CCN(c2ccccc2F)C1=O. The van der Waals surface area contributed by atoms with E-state index in [1.807, 2.05) is 0 Å². The molecule has 112 valence electrons. The van der Waals surface area contributed by atoms with Crippen LogP contribution in [0.2, 0.25) is 0 Å². The third kappa shape index (κ3) is 2.29. The Balaban J connectivity index is 1.78. The van der Waals surface area contributed by atoms with Gasteiger partial charge in [0.15, 0.2) is 0 Å². The molecule has 21 heavy (non-hydrogen) atoms. The lowest BCUT2D eigenvalue weighted by atomic mass is 10.1. The van der Waals surface area contributed by atoms with Gasteiger partial charge in [-0.25, -0.2) is 4.39 Å². The number of halogens is 1. The summed E-state index contributed by atoms with van der Waals surface area (Å²) in [5, 5.41) is 0. The molecule has 1 saturated heterocycles. The van der Waals surface area contributed by atoms with E-state index < -0.39 is 17.4 Å². The number of hydrogen-bond donors (Lipinski definition) is 1. The van der Waals surface area contributed by atoms with Crippen LogP contribution in [0.4, 0.5) is 10.1 Å². The summed E-state index contributed by atoms with van der Waals surface area (Å²) in [6.45, 7) is 0.402. The first-order chi connectivity index (χ1) is 9.94. The summed E-state index contributed by atoms with van der Waals surface area (Å²) in [6, 6.07) is 5.61. The fourth-order valence-electron chi connectivity index (χ4n) is 2.78. The summed E-state index contributed by atoms with van der Waals surface area (Å²) < 4.78 is 13.8. The Bertz CT molecular complexity index is 600. The molecule has 3 rings (SSSR count). The Hall–Kier alpha value is -1.95. The predicted octanol–water partition coefficient (Wildman–Crippen LogP) is 0.881. The Morgan fingerprint density at radius 1 is 1.43 bits per heavy atom. The average Bonchev–Trinajstić information content (AvgIpc) is 3.11. The van der Waals surface area contributed by atoms with Crippen molar-refractivity contribution in [1.82, 2.24) is 4.90 Å². The number of carbonyl (C=O) groups excluding carboxylic acids is 2. The highest BCUT2D eigenvalue weighted by atomic mass is 19.1. The first-order valence-electron chi connectivity index (χ1n) is 7.06. The van der Waals surface area contributed by atoms with Gasteiger partial charge in [-0.15, -0.1) is 0 Å². The Labute approximate surface area is 122 Å². The lowest BCUT2D eigenvalue weighted by molar-refractivity contribution is -0.138. The highest BCUT2D eigenvalue weighted by Crippen LogP contribution is 2.35. The van der Waals surface area contributed by atoms with Gasteiger partial charge in [0.05, 0.1) is 11.2 Å². The number of nitrogens with two attached hydrogens (primary N) is 1. The van der Waals surface area contributed by atoms with Crippen LogP contribution >= 0.6 is 0 Å². The second kappa shape index (κ2) is 4.80. The van der Waals surface area contributed by atoms with Crippen LogP contribution in [0, 0.1) is 5.82 Å². The number of nitrogens with zero attached hydrogens (tertiary/aromatic N) is 2. The van der Waals surface area contributed by atoms with Crippen molar-refractivity contribution in [2.45, 2.75) is 30.8 Å². The zero-order valence-corrected chi connectivity index (χ0v) is 11.9. The maximum absolute atomic E-state index is 13.8. The molecule has 2 fully saturated rings. The molecule has 2 amide bonds. The van der Waals surface area contributed by atoms with E-state index in [9.17, 15) is 14.0 Å². The van der Waals surface area contributed by atoms with Crippen LogP contribution in [0.1, 0.15) is 19.3 Å². The summed E-state index contributed by atoms with van der Waals surface area (Å²) in [5.74, 6) is -0.880.